The molecule has 31 heavy (non-hydrogen) atoms. The molecule has 0 saturated heterocycles. The van der Waals surface area contributed by atoms with E-state index in [1.165, 1.54) is 10.7 Å². The first-order chi connectivity index (χ1) is 14.6. The van der Waals surface area contributed by atoms with Crippen molar-refractivity contribution in [2.75, 3.05) is 6.54 Å². The van der Waals surface area contributed by atoms with Crippen molar-refractivity contribution < 1.29 is 13.9 Å². The fourth-order valence-electron chi connectivity index (χ4n) is 3.17. The first kappa shape index (κ1) is 22.3. The summed E-state index contributed by atoms with van der Waals surface area (Å²) in [4.78, 5) is 24.6. The maximum absolute atomic E-state index is 12.5. The Morgan fingerprint density at radius 2 is 2.00 bits per heavy atom. The monoisotopic (exact) mass is 423 g/mol. The van der Waals surface area contributed by atoms with E-state index in [4.69, 9.17) is 9.15 Å². The van der Waals surface area contributed by atoms with Gasteiger partial charge >= 0.3 is 0 Å². The fourth-order valence-corrected chi connectivity index (χ4v) is 3.17. The Balaban J connectivity index is 1.61. The number of hydrogen-bond donors (Lipinski definition) is 1. The van der Waals surface area contributed by atoms with Gasteiger partial charge < -0.3 is 14.5 Å². The normalized spacial score (nSPS) is 12.4. The lowest BCUT2D eigenvalue weighted by Gasteiger charge is -2.25. The number of aryl methyl sites for hydroxylation is 1. The van der Waals surface area contributed by atoms with E-state index >= 15 is 0 Å². The molecule has 0 fully saturated rings. The van der Waals surface area contributed by atoms with Crippen molar-refractivity contribution in [3.8, 4) is 17.2 Å². The molecule has 3 rings (SSSR count). The SMILES string of the molecule is Cc1ccc(OC(C)C(=O)NCCn2nc(-c3ccco3)ccc2=O)c(C(C)(C)C)c1. The summed E-state index contributed by atoms with van der Waals surface area (Å²) >= 11 is 0. The lowest BCUT2D eigenvalue weighted by Crippen LogP contribution is -2.39. The molecule has 1 N–H and O–H groups in total. The van der Waals surface area contributed by atoms with E-state index in [9.17, 15) is 9.59 Å². The van der Waals surface area contributed by atoms with Crippen molar-refractivity contribution in [3.05, 3.63) is 70.2 Å². The molecule has 0 saturated carbocycles. The van der Waals surface area contributed by atoms with Gasteiger partial charge in [0.05, 0.1) is 12.8 Å². The minimum absolute atomic E-state index is 0.108. The van der Waals surface area contributed by atoms with E-state index in [0.717, 1.165) is 11.1 Å². The molecule has 3 aromatic rings. The molecule has 0 aliphatic carbocycles. The molecule has 0 radical (unpaired) electrons. The molecule has 164 valence electrons. The average molecular weight is 424 g/mol. The maximum Gasteiger partial charge on any atom is 0.266 e. The zero-order valence-corrected chi connectivity index (χ0v) is 18.6. The third-order valence-electron chi connectivity index (χ3n) is 4.88. The summed E-state index contributed by atoms with van der Waals surface area (Å²) in [7, 11) is 0. The molecule has 7 nitrogen and oxygen atoms in total. The standard InChI is InChI=1S/C24H29N3O4/c1-16-8-10-20(18(15-16)24(3,4)5)31-17(2)23(29)25-12-13-27-22(28)11-9-19(26-27)21-7-6-14-30-21/h6-11,14-15,17H,12-13H2,1-5H3,(H,25,29). The molecule has 1 unspecified atom stereocenters. The van der Waals surface area contributed by atoms with E-state index in [2.05, 4.69) is 37.3 Å². The second-order valence-corrected chi connectivity index (χ2v) is 8.56. The zero-order chi connectivity index (χ0) is 22.6. The summed E-state index contributed by atoms with van der Waals surface area (Å²) in [5, 5.41) is 7.11. The minimum Gasteiger partial charge on any atom is -0.481 e. The second kappa shape index (κ2) is 9.20. The Bertz CT molecular complexity index is 1090. The largest absolute Gasteiger partial charge is 0.481 e. The first-order valence-electron chi connectivity index (χ1n) is 10.3. The highest BCUT2D eigenvalue weighted by molar-refractivity contribution is 5.80. The van der Waals surface area contributed by atoms with Gasteiger partial charge in [-0.2, -0.15) is 5.10 Å². The molecule has 1 atom stereocenters. The number of carbonyl (C=O) groups is 1. The van der Waals surface area contributed by atoms with Crippen molar-refractivity contribution in [3.63, 3.8) is 0 Å². The van der Waals surface area contributed by atoms with Crippen LogP contribution in [0.25, 0.3) is 11.5 Å². The van der Waals surface area contributed by atoms with Crippen LogP contribution in [0.1, 0.15) is 38.8 Å². The van der Waals surface area contributed by atoms with Crippen LogP contribution in [-0.2, 0) is 16.8 Å². The molecule has 2 heterocycles. The van der Waals surface area contributed by atoms with E-state index in [-0.39, 0.29) is 30.0 Å². The predicted octanol–water partition coefficient (Wildman–Crippen LogP) is 3.69. The van der Waals surface area contributed by atoms with E-state index in [1.54, 1.807) is 31.4 Å². The number of benzene rings is 1. The summed E-state index contributed by atoms with van der Waals surface area (Å²) < 4.78 is 12.6. The van der Waals surface area contributed by atoms with Crippen LogP contribution >= 0.6 is 0 Å². The number of rotatable bonds is 7. The Kier molecular flexibility index (Phi) is 6.63. The van der Waals surface area contributed by atoms with Crippen LogP contribution < -0.4 is 15.6 Å². The van der Waals surface area contributed by atoms with E-state index in [0.29, 0.717) is 17.2 Å². The van der Waals surface area contributed by atoms with Crippen molar-refractivity contribution in [2.45, 2.75) is 52.7 Å². The number of hydrogen-bond acceptors (Lipinski definition) is 5. The van der Waals surface area contributed by atoms with Gasteiger partial charge in [0.2, 0.25) is 0 Å². The summed E-state index contributed by atoms with van der Waals surface area (Å²) in [5.41, 5.74) is 2.40. The van der Waals surface area contributed by atoms with Crippen LogP contribution in [0.2, 0.25) is 0 Å². The number of aromatic nitrogens is 2. The van der Waals surface area contributed by atoms with Gasteiger partial charge in [0.25, 0.3) is 11.5 Å². The van der Waals surface area contributed by atoms with E-state index in [1.807, 2.05) is 19.1 Å². The van der Waals surface area contributed by atoms with Crippen LogP contribution in [0.3, 0.4) is 0 Å². The third-order valence-corrected chi connectivity index (χ3v) is 4.88. The second-order valence-electron chi connectivity index (χ2n) is 8.56. The lowest BCUT2D eigenvalue weighted by molar-refractivity contribution is -0.127. The molecular formula is C24H29N3O4. The van der Waals surface area contributed by atoms with Crippen LogP contribution in [0.4, 0.5) is 0 Å². The molecule has 0 spiro atoms. The molecule has 0 aliphatic rings. The lowest BCUT2D eigenvalue weighted by atomic mass is 9.85. The summed E-state index contributed by atoms with van der Waals surface area (Å²) in [6.07, 6.45) is 0.871. The molecule has 2 aromatic heterocycles. The Morgan fingerprint density at radius 1 is 1.23 bits per heavy atom. The molecule has 7 heteroatoms. The van der Waals surface area contributed by atoms with Crippen molar-refractivity contribution >= 4 is 5.91 Å². The minimum atomic E-state index is -0.678. The summed E-state index contributed by atoms with van der Waals surface area (Å²) in [6, 6.07) is 12.5. The van der Waals surface area contributed by atoms with Gasteiger partial charge in [0.15, 0.2) is 11.9 Å². The van der Waals surface area contributed by atoms with Crippen molar-refractivity contribution in [1.82, 2.24) is 15.1 Å². The van der Waals surface area contributed by atoms with Crippen LogP contribution in [0.5, 0.6) is 5.75 Å². The Hall–Kier alpha value is -3.35. The van der Waals surface area contributed by atoms with Gasteiger partial charge in [0, 0.05) is 12.6 Å². The van der Waals surface area contributed by atoms with Crippen LogP contribution in [-0.4, -0.2) is 28.3 Å². The quantitative estimate of drug-likeness (QED) is 0.626. The van der Waals surface area contributed by atoms with Gasteiger partial charge in [-0.15, -0.1) is 0 Å². The first-order valence-corrected chi connectivity index (χ1v) is 10.3. The average Bonchev–Trinajstić information content (AvgIpc) is 3.24. The molecular weight excluding hydrogens is 394 g/mol. The number of nitrogens with one attached hydrogen (secondary N) is 1. The molecule has 0 bridgehead atoms. The fraction of sp³-hybridized carbons (Fsp3) is 0.375. The number of amides is 1. The highest BCUT2D eigenvalue weighted by atomic mass is 16.5. The molecule has 0 aliphatic heterocycles. The molecule has 1 aromatic carbocycles. The van der Waals surface area contributed by atoms with Crippen molar-refractivity contribution in [1.29, 1.82) is 0 Å². The predicted molar refractivity (Wildman–Crippen MR) is 119 cm³/mol. The Morgan fingerprint density at radius 3 is 2.68 bits per heavy atom. The number of carbonyl (C=O) groups excluding carboxylic acids is 1. The highest BCUT2D eigenvalue weighted by Crippen LogP contribution is 2.32. The van der Waals surface area contributed by atoms with Gasteiger partial charge in [0.1, 0.15) is 11.4 Å². The maximum atomic E-state index is 12.5. The van der Waals surface area contributed by atoms with Gasteiger partial charge in [-0.25, -0.2) is 4.68 Å². The smallest absolute Gasteiger partial charge is 0.266 e. The Labute approximate surface area is 182 Å². The van der Waals surface area contributed by atoms with Gasteiger partial charge in [-0.3, -0.25) is 9.59 Å². The van der Waals surface area contributed by atoms with E-state index < -0.39 is 6.10 Å². The zero-order valence-electron chi connectivity index (χ0n) is 18.6. The number of nitrogens with zero attached hydrogens (tertiary/aromatic N) is 2. The summed E-state index contributed by atoms with van der Waals surface area (Å²) in [5.74, 6) is 1.02. The van der Waals surface area contributed by atoms with Crippen LogP contribution in [0.15, 0.2) is 57.9 Å². The molecule has 1 amide bonds. The topological polar surface area (TPSA) is 86.4 Å². The van der Waals surface area contributed by atoms with Gasteiger partial charge in [-0.1, -0.05) is 38.5 Å². The number of ether oxygens (including phenoxy) is 1. The number of furan rings is 1. The van der Waals surface area contributed by atoms with Crippen LogP contribution in [0, 0.1) is 6.92 Å². The van der Waals surface area contributed by atoms with Crippen molar-refractivity contribution in [2.24, 2.45) is 0 Å². The summed E-state index contributed by atoms with van der Waals surface area (Å²) in [6.45, 7) is 10.6. The highest BCUT2D eigenvalue weighted by Gasteiger charge is 2.22. The third kappa shape index (κ3) is 5.63. The van der Waals surface area contributed by atoms with Gasteiger partial charge in [-0.05, 0) is 49.1 Å².